The summed E-state index contributed by atoms with van der Waals surface area (Å²) in [5, 5.41) is 15.4. The molecule has 20 heavy (non-hydrogen) atoms. The number of hydrogen-bond donors (Lipinski definition) is 3. The molecule has 3 N–H and O–H groups in total. The Morgan fingerprint density at radius 3 is 2.35 bits per heavy atom. The fraction of sp³-hybridized carbons (Fsp3) is 0.562. The summed E-state index contributed by atoms with van der Waals surface area (Å²) in [6, 6.07) is 7.23. The number of aliphatic hydroxyl groups is 1. The lowest BCUT2D eigenvalue weighted by atomic mass is 10.0. The number of nitrogens with one attached hydrogen (secondary N) is 2. The summed E-state index contributed by atoms with van der Waals surface area (Å²) < 4.78 is 0. The fourth-order valence-electron chi connectivity index (χ4n) is 2.73. The lowest BCUT2D eigenvalue weighted by molar-refractivity contribution is 0.199. The molecule has 110 valence electrons. The van der Waals surface area contributed by atoms with Crippen LogP contribution in [0.25, 0.3) is 0 Å². The Morgan fingerprint density at radius 1 is 1.25 bits per heavy atom. The van der Waals surface area contributed by atoms with Crippen LogP contribution in [0.3, 0.4) is 0 Å². The van der Waals surface area contributed by atoms with Gasteiger partial charge in [0.25, 0.3) is 0 Å². The summed E-state index contributed by atoms with van der Waals surface area (Å²) in [4.78, 5) is 12.0. The van der Waals surface area contributed by atoms with Gasteiger partial charge in [-0.25, -0.2) is 4.79 Å². The topological polar surface area (TPSA) is 61.4 Å². The zero-order chi connectivity index (χ0) is 15.1. The van der Waals surface area contributed by atoms with Crippen LogP contribution in [0.4, 0.5) is 10.5 Å². The number of rotatable bonds is 3. The molecule has 4 nitrogen and oxygen atoms in total. The summed E-state index contributed by atoms with van der Waals surface area (Å²) in [5.74, 6) is 0. The van der Waals surface area contributed by atoms with Gasteiger partial charge in [0.15, 0.2) is 0 Å². The van der Waals surface area contributed by atoms with Gasteiger partial charge in [0.2, 0.25) is 0 Å². The number of urea groups is 1. The first kappa shape index (κ1) is 14.9. The summed E-state index contributed by atoms with van der Waals surface area (Å²) in [6.07, 6.45) is -0.541. The van der Waals surface area contributed by atoms with Gasteiger partial charge in [-0.3, -0.25) is 0 Å². The molecule has 1 unspecified atom stereocenters. The second-order valence-electron chi connectivity index (χ2n) is 6.78. The van der Waals surface area contributed by atoms with Crippen molar-refractivity contribution in [3.05, 3.63) is 29.8 Å². The van der Waals surface area contributed by atoms with Crippen LogP contribution in [0.1, 0.15) is 46.3 Å². The first-order chi connectivity index (χ1) is 9.16. The average molecular weight is 276 g/mol. The number of carbonyl (C=O) groups excluding carboxylic acids is 1. The molecule has 1 aliphatic rings. The number of aliphatic hydroxyl groups excluding tert-OH is 1. The van der Waals surface area contributed by atoms with Crippen LogP contribution in [0.5, 0.6) is 0 Å². The molecule has 2 amide bonds. The number of hydrogen-bond acceptors (Lipinski definition) is 2. The van der Waals surface area contributed by atoms with Gasteiger partial charge < -0.3 is 15.7 Å². The largest absolute Gasteiger partial charge is 0.389 e. The smallest absolute Gasteiger partial charge is 0.319 e. The minimum atomic E-state index is -0.541. The number of benzene rings is 1. The van der Waals surface area contributed by atoms with Crippen molar-refractivity contribution in [1.29, 1.82) is 0 Å². The van der Waals surface area contributed by atoms with Crippen LogP contribution in [0, 0.1) is 10.8 Å². The van der Waals surface area contributed by atoms with Gasteiger partial charge in [-0.05, 0) is 35.4 Å². The molecule has 1 atom stereocenters. The Hall–Kier alpha value is -1.55. The van der Waals surface area contributed by atoms with Gasteiger partial charge in [0.05, 0.1) is 6.10 Å². The summed E-state index contributed by atoms with van der Waals surface area (Å²) in [7, 11) is 0. The predicted molar refractivity (Wildman–Crippen MR) is 80.6 cm³/mol. The predicted octanol–water partition coefficient (Wildman–Crippen LogP) is 3.30. The lowest BCUT2D eigenvalue weighted by Crippen LogP contribution is -2.33. The highest BCUT2D eigenvalue weighted by atomic mass is 16.3. The van der Waals surface area contributed by atoms with Crippen molar-refractivity contribution in [2.45, 2.75) is 46.8 Å². The van der Waals surface area contributed by atoms with E-state index in [0.29, 0.717) is 5.69 Å². The first-order valence-electron chi connectivity index (χ1n) is 7.02. The van der Waals surface area contributed by atoms with Crippen molar-refractivity contribution in [3.8, 4) is 0 Å². The second kappa shape index (κ2) is 4.77. The van der Waals surface area contributed by atoms with Crippen molar-refractivity contribution >= 4 is 11.7 Å². The Bertz CT molecular complexity index is 507. The van der Waals surface area contributed by atoms with E-state index in [0.717, 1.165) is 5.56 Å². The highest BCUT2D eigenvalue weighted by Crippen LogP contribution is 2.62. The van der Waals surface area contributed by atoms with Gasteiger partial charge in [-0.15, -0.1) is 0 Å². The lowest BCUT2D eigenvalue weighted by Gasteiger charge is -2.11. The number of amides is 2. The Morgan fingerprint density at radius 2 is 1.85 bits per heavy atom. The van der Waals surface area contributed by atoms with Gasteiger partial charge >= 0.3 is 6.03 Å². The monoisotopic (exact) mass is 276 g/mol. The van der Waals surface area contributed by atoms with Crippen molar-refractivity contribution in [2.24, 2.45) is 10.8 Å². The molecule has 1 fully saturated rings. The second-order valence-corrected chi connectivity index (χ2v) is 6.78. The minimum absolute atomic E-state index is 0.117. The number of carbonyl (C=O) groups is 1. The molecule has 0 spiro atoms. The van der Waals surface area contributed by atoms with Gasteiger partial charge in [0, 0.05) is 11.7 Å². The summed E-state index contributed by atoms with van der Waals surface area (Å²) in [5.41, 5.74) is 1.71. The van der Waals surface area contributed by atoms with Crippen molar-refractivity contribution in [2.75, 3.05) is 5.32 Å². The van der Waals surface area contributed by atoms with Crippen LogP contribution in [0.15, 0.2) is 24.3 Å². The molecule has 4 heteroatoms. The third-order valence-electron chi connectivity index (χ3n) is 4.92. The normalized spacial score (nSPS) is 21.1. The molecule has 1 aliphatic carbocycles. The summed E-state index contributed by atoms with van der Waals surface area (Å²) in [6.45, 7) is 10.3. The Labute approximate surface area is 120 Å². The Balaban J connectivity index is 1.98. The molecular formula is C16H24N2O2. The van der Waals surface area contributed by atoms with E-state index in [2.05, 4.69) is 38.3 Å². The number of anilines is 1. The zero-order valence-corrected chi connectivity index (χ0v) is 12.8. The first-order valence-corrected chi connectivity index (χ1v) is 7.02. The standard InChI is InChI=1S/C16H24N2O2/c1-10(19)11-7-6-8-12(9-11)17-14(20)18-13-15(2,3)16(13,4)5/h6-10,13,19H,1-5H3,(H2,17,18,20). The SMILES string of the molecule is CC(O)c1cccc(NC(=O)NC2C(C)(C)C2(C)C)c1. The van der Waals surface area contributed by atoms with Crippen molar-refractivity contribution in [3.63, 3.8) is 0 Å². The summed E-state index contributed by atoms with van der Waals surface area (Å²) >= 11 is 0. The van der Waals surface area contributed by atoms with E-state index in [1.807, 2.05) is 18.2 Å². The highest BCUT2D eigenvalue weighted by Gasteiger charge is 2.65. The van der Waals surface area contributed by atoms with E-state index < -0.39 is 6.10 Å². The molecule has 0 radical (unpaired) electrons. The van der Waals surface area contributed by atoms with Crippen LogP contribution in [-0.4, -0.2) is 17.2 Å². The maximum atomic E-state index is 12.0. The van der Waals surface area contributed by atoms with E-state index in [4.69, 9.17) is 0 Å². The van der Waals surface area contributed by atoms with E-state index >= 15 is 0 Å². The molecule has 1 saturated carbocycles. The van der Waals surface area contributed by atoms with E-state index in [-0.39, 0.29) is 22.9 Å². The molecule has 0 saturated heterocycles. The molecule has 0 heterocycles. The molecule has 1 aromatic rings. The van der Waals surface area contributed by atoms with E-state index in [9.17, 15) is 9.90 Å². The third-order valence-corrected chi connectivity index (χ3v) is 4.92. The fourth-order valence-corrected chi connectivity index (χ4v) is 2.73. The highest BCUT2D eigenvalue weighted by molar-refractivity contribution is 5.90. The average Bonchev–Trinajstić information content (AvgIpc) is 2.72. The van der Waals surface area contributed by atoms with Crippen LogP contribution in [-0.2, 0) is 0 Å². The molecule has 1 aromatic carbocycles. The van der Waals surface area contributed by atoms with Gasteiger partial charge in [-0.1, -0.05) is 39.8 Å². The molecular weight excluding hydrogens is 252 g/mol. The van der Waals surface area contributed by atoms with Crippen LogP contribution < -0.4 is 10.6 Å². The molecule has 0 bridgehead atoms. The van der Waals surface area contributed by atoms with Crippen molar-refractivity contribution < 1.29 is 9.90 Å². The third kappa shape index (κ3) is 2.52. The maximum absolute atomic E-state index is 12.0. The van der Waals surface area contributed by atoms with Gasteiger partial charge in [0.1, 0.15) is 0 Å². The zero-order valence-electron chi connectivity index (χ0n) is 12.8. The molecule has 0 aromatic heterocycles. The van der Waals surface area contributed by atoms with E-state index in [1.165, 1.54) is 0 Å². The van der Waals surface area contributed by atoms with Crippen LogP contribution in [0.2, 0.25) is 0 Å². The quantitative estimate of drug-likeness (QED) is 0.793. The maximum Gasteiger partial charge on any atom is 0.319 e. The van der Waals surface area contributed by atoms with Gasteiger partial charge in [-0.2, -0.15) is 0 Å². The Kier molecular flexibility index (Phi) is 3.54. The van der Waals surface area contributed by atoms with Crippen molar-refractivity contribution in [1.82, 2.24) is 5.32 Å². The van der Waals surface area contributed by atoms with E-state index in [1.54, 1.807) is 13.0 Å². The van der Waals surface area contributed by atoms with Crippen LogP contribution >= 0.6 is 0 Å². The molecule has 0 aliphatic heterocycles. The molecule has 2 rings (SSSR count). The minimum Gasteiger partial charge on any atom is -0.389 e.